The van der Waals surface area contributed by atoms with E-state index in [4.69, 9.17) is 5.11 Å². The molecule has 2 N–H and O–H groups in total. The Morgan fingerprint density at radius 2 is 2.05 bits per heavy atom. The first-order chi connectivity index (χ1) is 9.45. The van der Waals surface area contributed by atoms with Gasteiger partial charge in [-0.1, -0.05) is 13.0 Å². The molecule has 1 unspecified atom stereocenters. The minimum atomic E-state index is -0.987. The smallest absolute Gasteiger partial charge is 0.328 e. The summed E-state index contributed by atoms with van der Waals surface area (Å²) in [6, 6.07) is 5.54. The van der Waals surface area contributed by atoms with E-state index in [-0.39, 0.29) is 11.8 Å². The molecule has 0 radical (unpaired) electrons. The lowest BCUT2D eigenvalue weighted by atomic mass is 10.0. The summed E-state index contributed by atoms with van der Waals surface area (Å²) in [5.74, 6) is -0.398. The second-order valence-corrected chi connectivity index (χ2v) is 5.42. The molecule has 0 saturated heterocycles. The Hall–Kier alpha value is -2.10. The zero-order valence-electron chi connectivity index (χ0n) is 11.7. The molecule has 20 heavy (non-hydrogen) atoms. The van der Waals surface area contributed by atoms with E-state index in [0.717, 1.165) is 30.0 Å². The lowest BCUT2D eigenvalue weighted by molar-refractivity contribution is -0.131. The highest BCUT2D eigenvalue weighted by atomic mass is 16.4. The number of aliphatic carboxylic acids is 1. The van der Waals surface area contributed by atoms with Gasteiger partial charge in [0, 0.05) is 17.7 Å². The number of carboxylic acid groups (broad SMARTS) is 1. The lowest BCUT2D eigenvalue weighted by Crippen LogP contribution is -2.21. The van der Waals surface area contributed by atoms with Crippen molar-refractivity contribution >= 4 is 23.6 Å². The number of aryl methyl sites for hydroxylation is 1. The van der Waals surface area contributed by atoms with Crippen LogP contribution < -0.4 is 5.32 Å². The van der Waals surface area contributed by atoms with Gasteiger partial charge in [0.1, 0.15) is 0 Å². The molecule has 0 spiro atoms. The van der Waals surface area contributed by atoms with Crippen molar-refractivity contribution in [2.45, 2.75) is 26.7 Å². The van der Waals surface area contributed by atoms with Crippen LogP contribution in [0.4, 0.5) is 5.69 Å². The van der Waals surface area contributed by atoms with Gasteiger partial charge in [0.15, 0.2) is 0 Å². The molecule has 1 aliphatic rings. The van der Waals surface area contributed by atoms with Crippen LogP contribution in [0.1, 0.15) is 30.9 Å². The number of carbonyl (C=O) groups excluding carboxylic acids is 1. The highest BCUT2D eigenvalue weighted by Crippen LogP contribution is 2.37. The Bertz CT molecular complexity index is 559. The van der Waals surface area contributed by atoms with Crippen LogP contribution in [0.2, 0.25) is 0 Å². The maximum absolute atomic E-state index is 12.1. The van der Waals surface area contributed by atoms with E-state index in [9.17, 15) is 9.59 Å². The molecule has 4 heteroatoms. The van der Waals surface area contributed by atoms with Gasteiger partial charge in [0.25, 0.3) is 0 Å². The van der Waals surface area contributed by atoms with Gasteiger partial charge in [-0.25, -0.2) is 4.79 Å². The topological polar surface area (TPSA) is 66.4 Å². The Morgan fingerprint density at radius 1 is 1.35 bits per heavy atom. The maximum atomic E-state index is 12.1. The molecule has 1 amide bonds. The molecule has 1 atom stereocenters. The van der Waals surface area contributed by atoms with Gasteiger partial charge in [-0.2, -0.15) is 0 Å². The summed E-state index contributed by atoms with van der Waals surface area (Å²) in [6.07, 6.45) is 4.88. The maximum Gasteiger partial charge on any atom is 0.328 e. The van der Waals surface area contributed by atoms with E-state index in [1.165, 1.54) is 6.08 Å². The van der Waals surface area contributed by atoms with Crippen LogP contribution in [0.25, 0.3) is 6.08 Å². The molecule has 0 heterocycles. The highest BCUT2D eigenvalue weighted by Gasteiger charge is 2.32. The molecule has 1 saturated carbocycles. The zero-order valence-corrected chi connectivity index (χ0v) is 11.7. The largest absolute Gasteiger partial charge is 0.478 e. The van der Waals surface area contributed by atoms with Gasteiger partial charge in [-0.3, -0.25) is 4.79 Å². The summed E-state index contributed by atoms with van der Waals surface area (Å²) in [5, 5.41) is 11.6. The fourth-order valence-corrected chi connectivity index (χ4v) is 2.22. The van der Waals surface area contributed by atoms with Crippen LogP contribution >= 0.6 is 0 Å². The molecule has 1 aromatic carbocycles. The van der Waals surface area contributed by atoms with Crippen LogP contribution in [-0.4, -0.2) is 17.0 Å². The first-order valence-electron chi connectivity index (χ1n) is 6.79. The second kappa shape index (κ2) is 5.90. The van der Waals surface area contributed by atoms with Crippen molar-refractivity contribution < 1.29 is 14.7 Å². The molecule has 1 aromatic rings. The van der Waals surface area contributed by atoms with E-state index in [1.807, 2.05) is 26.0 Å². The van der Waals surface area contributed by atoms with Gasteiger partial charge in [0.05, 0.1) is 0 Å². The monoisotopic (exact) mass is 273 g/mol. The van der Waals surface area contributed by atoms with Gasteiger partial charge in [-0.15, -0.1) is 0 Å². The zero-order chi connectivity index (χ0) is 14.7. The number of nitrogens with one attached hydrogen (secondary N) is 1. The number of anilines is 1. The van der Waals surface area contributed by atoms with Gasteiger partial charge in [-0.05, 0) is 55.0 Å². The Balaban J connectivity index is 2.10. The fraction of sp³-hybridized carbons (Fsp3) is 0.375. The number of carboxylic acids is 1. The van der Waals surface area contributed by atoms with Crippen LogP contribution in [0.3, 0.4) is 0 Å². The average Bonchev–Trinajstić information content (AvgIpc) is 3.19. The van der Waals surface area contributed by atoms with Crippen molar-refractivity contribution in [2.24, 2.45) is 11.8 Å². The summed E-state index contributed by atoms with van der Waals surface area (Å²) in [7, 11) is 0. The molecular formula is C16H19NO3. The van der Waals surface area contributed by atoms with E-state index in [1.54, 1.807) is 6.07 Å². The molecule has 0 aromatic heterocycles. The standard InChI is InChI=1S/C16H19NO3/c1-10-7-12(3-6-15(18)19)9-14(8-10)17-16(20)11(2)13-4-5-13/h3,6-9,11,13H,4-5H2,1-2H3,(H,17,20)(H,18,19)/b6-3+. The van der Waals surface area contributed by atoms with E-state index < -0.39 is 5.97 Å². The summed E-state index contributed by atoms with van der Waals surface area (Å²) < 4.78 is 0. The minimum Gasteiger partial charge on any atom is -0.478 e. The summed E-state index contributed by atoms with van der Waals surface area (Å²) in [5.41, 5.74) is 2.46. The molecule has 1 fully saturated rings. The van der Waals surface area contributed by atoms with Crippen LogP contribution in [0.5, 0.6) is 0 Å². The number of benzene rings is 1. The van der Waals surface area contributed by atoms with Crippen LogP contribution in [0.15, 0.2) is 24.3 Å². The van der Waals surface area contributed by atoms with Crippen molar-refractivity contribution in [1.82, 2.24) is 0 Å². The van der Waals surface area contributed by atoms with Crippen LogP contribution in [-0.2, 0) is 9.59 Å². The third kappa shape index (κ3) is 3.95. The van der Waals surface area contributed by atoms with E-state index >= 15 is 0 Å². The predicted octanol–water partition coefficient (Wildman–Crippen LogP) is 3.08. The van der Waals surface area contributed by atoms with Crippen molar-refractivity contribution in [1.29, 1.82) is 0 Å². The normalized spacial score (nSPS) is 16.1. The fourth-order valence-electron chi connectivity index (χ4n) is 2.22. The minimum absolute atomic E-state index is 0.0336. The van der Waals surface area contributed by atoms with E-state index in [0.29, 0.717) is 11.6 Å². The van der Waals surface area contributed by atoms with Crippen molar-refractivity contribution in [2.75, 3.05) is 5.32 Å². The van der Waals surface area contributed by atoms with Crippen molar-refractivity contribution in [3.05, 3.63) is 35.4 Å². The molecule has 0 bridgehead atoms. The molecule has 1 aliphatic carbocycles. The molecule has 106 valence electrons. The summed E-state index contributed by atoms with van der Waals surface area (Å²) >= 11 is 0. The third-order valence-corrected chi connectivity index (χ3v) is 3.53. The summed E-state index contributed by atoms with van der Waals surface area (Å²) in [4.78, 5) is 22.6. The van der Waals surface area contributed by atoms with Crippen LogP contribution in [0, 0.1) is 18.8 Å². The summed E-state index contributed by atoms with van der Waals surface area (Å²) in [6.45, 7) is 3.87. The lowest BCUT2D eigenvalue weighted by Gasteiger charge is -2.12. The number of hydrogen-bond acceptors (Lipinski definition) is 2. The van der Waals surface area contributed by atoms with Gasteiger partial charge < -0.3 is 10.4 Å². The first-order valence-corrected chi connectivity index (χ1v) is 6.79. The van der Waals surface area contributed by atoms with Crippen molar-refractivity contribution in [3.63, 3.8) is 0 Å². The highest BCUT2D eigenvalue weighted by molar-refractivity contribution is 5.93. The second-order valence-electron chi connectivity index (χ2n) is 5.42. The Kier molecular flexibility index (Phi) is 4.23. The molecule has 0 aliphatic heterocycles. The van der Waals surface area contributed by atoms with E-state index in [2.05, 4.69) is 5.32 Å². The quantitative estimate of drug-likeness (QED) is 0.810. The SMILES string of the molecule is Cc1cc(/C=C/C(=O)O)cc(NC(=O)C(C)C2CC2)c1. The van der Waals surface area contributed by atoms with Crippen molar-refractivity contribution in [3.8, 4) is 0 Å². The number of hydrogen-bond donors (Lipinski definition) is 2. The predicted molar refractivity (Wildman–Crippen MR) is 78.4 cm³/mol. The number of carbonyl (C=O) groups is 2. The van der Waals surface area contributed by atoms with Gasteiger partial charge in [0.2, 0.25) is 5.91 Å². The molecule has 2 rings (SSSR count). The number of amides is 1. The Labute approximate surface area is 118 Å². The molecule has 4 nitrogen and oxygen atoms in total. The average molecular weight is 273 g/mol. The number of rotatable bonds is 5. The first kappa shape index (κ1) is 14.3. The molecular weight excluding hydrogens is 254 g/mol. The third-order valence-electron chi connectivity index (χ3n) is 3.53. The Morgan fingerprint density at radius 3 is 2.65 bits per heavy atom. The van der Waals surface area contributed by atoms with Gasteiger partial charge >= 0.3 is 5.97 Å².